The summed E-state index contributed by atoms with van der Waals surface area (Å²) >= 11 is 1.23. The molecule has 1 heterocycles. The highest BCUT2D eigenvalue weighted by molar-refractivity contribution is 7.13. The van der Waals surface area contributed by atoms with Crippen LogP contribution in [0.2, 0.25) is 0 Å². The van der Waals surface area contributed by atoms with E-state index in [2.05, 4.69) is 10.3 Å². The van der Waals surface area contributed by atoms with Crippen molar-refractivity contribution in [1.29, 1.82) is 0 Å². The van der Waals surface area contributed by atoms with Crippen molar-refractivity contribution in [1.82, 2.24) is 15.6 Å². The number of benzene rings is 1. The van der Waals surface area contributed by atoms with E-state index in [0.717, 1.165) is 0 Å². The maximum absolute atomic E-state index is 13.2. The summed E-state index contributed by atoms with van der Waals surface area (Å²) < 4.78 is 13.2. The molecule has 0 aliphatic heterocycles. The normalized spacial score (nSPS) is 10.1. The van der Waals surface area contributed by atoms with Crippen molar-refractivity contribution in [2.24, 2.45) is 0 Å². The van der Waals surface area contributed by atoms with Crippen LogP contribution in [0.3, 0.4) is 0 Å². The summed E-state index contributed by atoms with van der Waals surface area (Å²) in [5, 5.41) is 14.7. The van der Waals surface area contributed by atoms with Gasteiger partial charge in [0, 0.05) is 13.1 Å². The van der Waals surface area contributed by atoms with E-state index in [4.69, 9.17) is 0 Å². The van der Waals surface area contributed by atoms with E-state index in [9.17, 15) is 19.1 Å². The lowest BCUT2D eigenvalue weighted by Gasteiger charge is -2.08. The predicted octanol–water partition coefficient (Wildman–Crippen LogP) is 0.612. The van der Waals surface area contributed by atoms with Gasteiger partial charge in [0.2, 0.25) is 0 Å². The average Bonchev–Trinajstić information content (AvgIpc) is 2.92. The van der Waals surface area contributed by atoms with Crippen molar-refractivity contribution in [2.75, 3.05) is 13.1 Å². The Morgan fingerprint density at radius 1 is 1.29 bits per heavy atom. The fourth-order valence-corrected chi connectivity index (χ4v) is 2.45. The predicted molar refractivity (Wildman–Crippen MR) is 73.2 cm³/mol. The minimum Gasteiger partial charge on any atom is -0.530 e. The van der Waals surface area contributed by atoms with Crippen molar-refractivity contribution >= 4 is 23.3 Å². The lowest BCUT2D eigenvalue weighted by atomic mass is 10.1. The standard InChI is InChI=1S/C13H12FN3O3S/c14-9-3-1-2-8(6-9)11-10(17-7-21-11)12(18)15-4-5-16-13(19)20/h1-3,6-7,16H,4-5H2,(H,15,18)(H,19,20)/p-1. The smallest absolute Gasteiger partial charge is 0.271 e. The maximum Gasteiger partial charge on any atom is 0.271 e. The third-order valence-corrected chi connectivity index (χ3v) is 3.42. The molecular formula is C13H11FN3O3S-. The Bertz CT molecular complexity index is 660. The molecule has 0 bridgehead atoms. The fraction of sp³-hybridized carbons (Fsp3) is 0.154. The Labute approximate surface area is 123 Å². The Hall–Kier alpha value is -2.48. The van der Waals surface area contributed by atoms with Crippen molar-refractivity contribution in [3.8, 4) is 10.4 Å². The van der Waals surface area contributed by atoms with Crippen LogP contribution in [0.1, 0.15) is 10.5 Å². The number of halogens is 1. The summed E-state index contributed by atoms with van der Waals surface area (Å²) in [7, 11) is 0. The van der Waals surface area contributed by atoms with E-state index in [0.29, 0.717) is 10.4 Å². The Balaban J connectivity index is 2.06. The first-order chi connectivity index (χ1) is 10.1. The van der Waals surface area contributed by atoms with Gasteiger partial charge in [-0.3, -0.25) is 4.79 Å². The number of carbonyl (C=O) groups excluding carboxylic acids is 2. The molecule has 1 aromatic heterocycles. The fourth-order valence-electron chi connectivity index (χ4n) is 1.67. The average molecular weight is 308 g/mol. The second-order valence-electron chi connectivity index (χ2n) is 4.01. The summed E-state index contributed by atoms with van der Waals surface area (Å²) in [5.41, 5.74) is 2.24. The first kappa shape index (κ1) is 14.9. The quantitative estimate of drug-likeness (QED) is 0.791. The van der Waals surface area contributed by atoms with Gasteiger partial charge < -0.3 is 20.5 Å². The van der Waals surface area contributed by atoms with Crippen LogP contribution in [0.15, 0.2) is 29.8 Å². The molecule has 0 unspecified atom stereocenters. The molecule has 110 valence electrons. The van der Waals surface area contributed by atoms with E-state index >= 15 is 0 Å². The molecule has 2 N–H and O–H groups in total. The largest absolute Gasteiger partial charge is 0.530 e. The maximum atomic E-state index is 13.2. The lowest BCUT2D eigenvalue weighted by molar-refractivity contribution is -0.250. The van der Waals surface area contributed by atoms with Gasteiger partial charge in [-0.2, -0.15) is 0 Å². The van der Waals surface area contributed by atoms with E-state index in [1.54, 1.807) is 12.1 Å². The third-order valence-electron chi connectivity index (χ3n) is 2.55. The van der Waals surface area contributed by atoms with Crippen LogP contribution >= 0.6 is 11.3 Å². The van der Waals surface area contributed by atoms with Crippen LogP contribution in [-0.4, -0.2) is 30.1 Å². The van der Waals surface area contributed by atoms with Crippen molar-refractivity contribution in [3.63, 3.8) is 0 Å². The first-order valence-electron chi connectivity index (χ1n) is 6.00. The highest BCUT2D eigenvalue weighted by Gasteiger charge is 2.16. The molecule has 2 rings (SSSR count). The number of hydrogen-bond donors (Lipinski definition) is 2. The molecule has 21 heavy (non-hydrogen) atoms. The molecule has 0 radical (unpaired) electrons. The molecule has 6 nitrogen and oxygen atoms in total. The summed E-state index contributed by atoms with van der Waals surface area (Å²) in [4.78, 5) is 26.7. The number of carboxylic acid groups (broad SMARTS) is 1. The molecule has 0 atom stereocenters. The van der Waals surface area contributed by atoms with E-state index in [-0.39, 0.29) is 18.8 Å². The van der Waals surface area contributed by atoms with Crippen molar-refractivity contribution in [2.45, 2.75) is 0 Å². The van der Waals surface area contributed by atoms with Crippen LogP contribution in [0, 0.1) is 5.82 Å². The van der Waals surface area contributed by atoms with Gasteiger partial charge in [0.05, 0.1) is 10.4 Å². The highest BCUT2D eigenvalue weighted by atomic mass is 32.1. The van der Waals surface area contributed by atoms with Gasteiger partial charge in [0.15, 0.2) is 0 Å². The van der Waals surface area contributed by atoms with E-state index < -0.39 is 17.8 Å². The third kappa shape index (κ3) is 3.99. The van der Waals surface area contributed by atoms with Crippen LogP contribution in [0.25, 0.3) is 10.4 Å². The zero-order valence-electron chi connectivity index (χ0n) is 10.8. The zero-order valence-corrected chi connectivity index (χ0v) is 11.6. The molecule has 0 spiro atoms. The van der Waals surface area contributed by atoms with Crippen LogP contribution in [-0.2, 0) is 0 Å². The monoisotopic (exact) mass is 308 g/mol. The molecule has 2 amide bonds. The summed E-state index contributed by atoms with van der Waals surface area (Å²) in [6.45, 7) is 0.139. The molecule has 8 heteroatoms. The van der Waals surface area contributed by atoms with Gasteiger partial charge in [0.1, 0.15) is 17.6 Å². The van der Waals surface area contributed by atoms with Gasteiger partial charge in [-0.1, -0.05) is 12.1 Å². The van der Waals surface area contributed by atoms with Crippen LogP contribution < -0.4 is 15.7 Å². The second-order valence-corrected chi connectivity index (χ2v) is 4.87. The van der Waals surface area contributed by atoms with E-state index in [1.165, 1.54) is 29.0 Å². The molecular weight excluding hydrogens is 297 g/mol. The molecule has 0 fully saturated rings. The number of amides is 2. The number of carbonyl (C=O) groups is 2. The van der Waals surface area contributed by atoms with E-state index in [1.807, 2.05) is 5.32 Å². The molecule has 1 aromatic carbocycles. The van der Waals surface area contributed by atoms with Gasteiger partial charge >= 0.3 is 0 Å². The molecule has 0 saturated carbocycles. The zero-order chi connectivity index (χ0) is 15.2. The molecule has 0 aliphatic carbocycles. The van der Waals surface area contributed by atoms with Crippen LogP contribution in [0.5, 0.6) is 0 Å². The van der Waals surface area contributed by atoms with Gasteiger partial charge in [-0.15, -0.1) is 11.3 Å². The lowest BCUT2D eigenvalue weighted by Crippen LogP contribution is -2.41. The number of aromatic nitrogens is 1. The minimum absolute atomic E-state index is 0.0352. The number of hydrogen-bond acceptors (Lipinski definition) is 5. The topological polar surface area (TPSA) is 94.1 Å². The van der Waals surface area contributed by atoms with Crippen molar-refractivity contribution < 1.29 is 19.1 Å². The van der Waals surface area contributed by atoms with Gasteiger partial charge in [0.25, 0.3) is 5.91 Å². The van der Waals surface area contributed by atoms with Crippen LogP contribution in [0.4, 0.5) is 9.18 Å². The molecule has 0 saturated heterocycles. The SMILES string of the molecule is O=C([O-])NCCNC(=O)c1ncsc1-c1cccc(F)c1. The van der Waals surface area contributed by atoms with Gasteiger partial charge in [-0.25, -0.2) is 9.37 Å². The number of nitrogens with one attached hydrogen (secondary N) is 2. The number of rotatable bonds is 5. The highest BCUT2D eigenvalue weighted by Crippen LogP contribution is 2.27. The Morgan fingerprint density at radius 3 is 2.76 bits per heavy atom. The molecule has 2 aromatic rings. The molecule has 0 aliphatic rings. The van der Waals surface area contributed by atoms with Crippen molar-refractivity contribution in [3.05, 3.63) is 41.3 Å². The Kier molecular flexibility index (Phi) is 4.83. The second kappa shape index (κ2) is 6.80. The van der Waals surface area contributed by atoms with Gasteiger partial charge in [-0.05, 0) is 17.7 Å². The number of thiazole rings is 1. The summed E-state index contributed by atoms with van der Waals surface area (Å²) in [5.74, 6) is -0.846. The first-order valence-corrected chi connectivity index (χ1v) is 6.88. The Morgan fingerprint density at radius 2 is 2.05 bits per heavy atom. The summed E-state index contributed by atoms with van der Waals surface area (Å²) in [6, 6.07) is 5.87. The summed E-state index contributed by atoms with van der Waals surface area (Å²) in [6.07, 6.45) is -1.40. The number of nitrogens with zero attached hydrogens (tertiary/aromatic N) is 1. The minimum atomic E-state index is -1.40.